The van der Waals surface area contributed by atoms with Gasteiger partial charge in [-0.1, -0.05) is 18.2 Å². The van der Waals surface area contributed by atoms with Gasteiger partial charge in [-0.25, -0.2) is 13.4 Å². The number of hydrogen-bond donors (Lipinski definition) is 0. The van der Waals surface area contributed by atoms with Crippen molar-refractivity contribution in [3.63, 3.8) is 0 Å². The number of para-hydroxylation sites is 1. The van der Waals surface area contributed by atoms with Gasteiger partial charge >= 0.3 is 0 Å². The summed E-state index contributed by atoms with van der Waals surface area (Å²) in [5.41, 5.74) is 1.81. The minimum atomic E-state index is -3.14. The minimum absolute atomic E-state index is 0.0535. The van der Waals surface area contributed by atoms with Crippen molar-refractivity contribution >= 4 is 38.1 Å². The second kappa shape index (κ2) is 5.77. The monoisotopic (exact) mass is 373 g/mol. The molecule has 0 unspecified atom stereocenters. The Bertz CT molecular complexity index is 1070. The van der Waals surface area contributed by atoms with Gasteiger partial charge in [-0.05, 0) is 19.4 Å². The van der Waals surface area contributed by atoms with Crippen molar-refractivity contribution in [3.05, 3.63) is 36.0 Å². The Balaban J connectivity index is 1.67. The lowest BCUT2D eigenvalue weighted by Crippen LogP contribution is -2.39. The second-order valence-corrected chi connectivity index (χ2v) is 9.18. The third-order valence-corrected chi connectivity index (χ3v) is 6.89. The fourth-order valence-corrected chi connectivity index (χ4v) is 5.51. The zero-order valence-electron chi connectivity index (χ0n) is 14.5. The molecule has 2 aromatic rings. The number of rotatable bonds is 3. The summed E-state index contributed by atoms with van der Waals surface area (Å²) < 4.78 is 25.3. The molecule has 0 saturated carbocycles. The maximum atomic E-state index is 13.1. The molecule has 0 spiro atoms. The molecule has 8 heteroatoms. The molecule has 4 rings (SSSR count). The fraction of sp³-hybridized carbons (Fsp3) is 0.389. The first-order valence-electron chi connectivity index (χ1n) is 8.45. The van der Waals surface area contributed by atoms with Crippen LogP contribution in [-0.4, -0.2) is 52.9 Å². The number of amides is 1. The Morgan fingerprint density at radius 3 is 2.69 bits per heavy atom. The molecule has 1 fully saturated rings. The van der Waals surface area contributed by atoms with E-state index >= 15 is 0 Å². The van der Waals surface area contributed by atoms with E-state index in [1.54, 1.807) is 13.1 Å². The summed E-state index contributed by atoms with van der Waals surface area (Å²) in [7, 11) is -1.29. The SMILES string of the molecule is CC1=NN([C@H]2CCS(=O)(=O)C2)C(=O)[C@H]1C(=O)c1cn(C)c2ccccc12. The molecule has 0 N–H and O–H groups in total. The molecule has 2 atom stereocenters. The van der Waals surface area contributed by atoms with Gasteiger partial charge in [0.25, 0.3) is 5.91 Å². The van der Waals surface area contributed by atoms with Crippen molar-refractivity contribution in [2.24, 2.45) is 18.1 Å². The average Bonchev–Trinajstić information content (AvgIpc) is 3.21. The average molecular weight is 373 g/mol. The van der Waals surface area contributed by atoms with Gasteiger partial charge in [-0.3, -0.25) is 9.59 Å². The molecule has 136 valence electrons. The Morgan fingerprint density at radius 2 is 2.00 bits per heavy atom. The van der Waals surface area contributed by atoms with Crippen molar-refractivity contribution in [2.45, 2.75) is 19.4 Å². The number of aryl methyl sites for hydroxylation is 1. The van der Waals surface area contributed by atoms with Crippen molar-refractivity contribution in [3.8, 4) is 0 Å². The minimum Gasteiger partial charge on any atom is -0.350 e. The van der Waals surface area contributed by atoms with E-state index < -0.39 is 27.7 Å². The highest BCUT2D eigenvalue weighted by molar-refractivity contribution is 7.91. The van der Waals surface area contributed by atoms with Crippen molar-refractivity contribution in [1.29, 1.82) is 0 Å². The first-order valence-corrected chi connectivity index (χ1v) is 10.3. The highest BCUT2D eigenvalue weighted by Crippen LogP contribution is 2.29. The predicted octanol–water partition coefficient (Wildman–Crippen LogP) is 1.38. The Kier molecular flexibility index (Phi) is 3.76. The van der Waals surface area contributed by atoms with Crippen LogP contribution >= 0.6 is 0 Å². The maximum Gasteiger partial charge on any atom is 0.259 e. The molecule has 2 aliphatic rings. The maximum absolute atomic E-state index is 13.1. The van der Waals surface area contributed by atoms with Crippen molar-refractivity contribution in [2.75, 3.05) is 11.5 Å². The molecular formula is C18H19N3O4S. The molecule has 2 aliphatic heterocycles. The number of benzene rings is 1. The Morgan fingerprint density at radius 1 is 1.27 bits per heavy atom. The van der Waals surface area contributed by atoms with Gasteiger partial charge in [0, 0.05) is 29.7 Å². The molecule has 7 nitrogen and oxygen atoms in total. The molecule has 1 saturated heterocycles. The summed E-state index contributed by atoms with van der Waals surface area (Å²) in [6.45, 7) is 1.65. The van der Waals surface area contributed by atoms with Gasteiger partial charge in [-0.2, -0.15) is 5.10 Å². The molecule has 0 radical (unpaired) electrons. The van der Waals surface area contributed by atoms with E-state index in [1.165, 1.54) is 5.01 Å². The fourth-order valence-electron chi connectivity index (χ4n) is 3.81. The van der Waals surface area contributed by atoms with Crippen LogP contribution in [-0.2, 0) is 21.7 Å². The summed E-state index contributed by atoms with van der Waals surface area (Å²) in [6, 6.07) is 7.04. The van der Waals surface area contributed by atoms with Crippen LogP contribution in [0, 0.1) is 5.92 Å². The van der Waals surface area contributed by atoms with E-state index in [2.05, 4.69) is 5.10 Å². The highest BCUT2D eigenvalue weighted by atomic mass is 32.2. The van der Waals surface area contributed by atoms with Crippen LogP contribution in [0.5, 0.6) is 0 Å². The van der Waals surface area contributed by atoms with Crippen LogP contribution in [0.4, 0.5) is 0 Å². The molecule has 3 heterocycles. The smallest absolute Gasteiger partial charge is 0.259 e. The van der Waals surface area contributed by atoms with Gasteiger partial charge in [0.2, 0.25) is 0 Å². The van der Waals surface area contributed by atoms with Gasteiger partial charge < -0.3 is 4.57 Å². The Labute approximate surface area is 151 Å². The highest BCUT2D eigenvalue weighted by Gasteiger charge is 2.45. The van der Waals surface area contributed by atoms with Crippen molar-refractivity contribution in [1.82, 2.24) is 9.58 Å². The van der Waals surface area contributed by atoms with E-state index in [0.29, 0.717) is 17.7 Å². The van der Waals surface area contributed by atoms with Crippen LogP contribution in [0.25, 0.3) is 10.9 Å². The predicted molar refractivity (Wildman–Crippen MR) is 97.8 cm³/mol. The quantitative estimate of drug-likeness (QED) is 0.601. The Hall–Kier alpha value is -2.48. The topological polar surface area (TPSA) is 88.8 Å². The van der Waals surface area contributed by atoms with E-state index in [-0.39, 0.29) is 17.3 Å². The summed E-state index contributed by atoms with van der Waals surface area (Å²) >= 11 is 0. The zero-order valence-corrected chi connectivity index (χ0v) is 15.4. The third-order valence-electron chi connectivity index (χ3n) is 5.13. The number of sulfone groups is 1. The normalized spacial score (nSPS) is 25.1. The van der Waals surface area contributed by atoms with E-state index in [9.17, 15) is 18.0 Å². The molecular weight excluding hydrogens is 354 g/mol. The number of hydrogen-bond acceptors (Lipinski definition) is 5. The lowest BCUT2D eigenvalue weighted by Gasteiger charge is -2.19. The van der Waals surface area contributed by atoms with Gasteiger partial charge in [0.15, 0.2) is 15.6 Å². The molecule has 0 aliphatic carbocycles. The van der Waals surface area contributed by atoms with Crippen LogP contribution in [0.2, 0.25) is 0 Å². The summed E-state index contributed by atoms with van der Waals surface area (Å²) in [4.78, 5) is 26.0. The summed E-state index contributed by atoms with van der Waals surface area (Å²) in [5, 5.41) is 6.25. The standard InChI is InChI=1S/C18H19N3O4S/c1-11-16(18(23)21(19-11)12-7-8-26(24,25)10-12)17(22)14-9-20(2)15-6-4-3-5-13(14)15/h3-6,9,12,16H,7-8,10H2,1-2H3/t12-,16+/m0/s1. The van der Waals surface area contributed by atoms with E-state index in [0.717, 1.165) is 10.9 Å². The number of ketones is 1. The summed E-state index contributed by atoms with van der Waals surface area (Å²) in [5.74, 6) is -1.74. The number of carbonyl (C=O) groups excluding carboxylic acids is 2. The van der Waals surface area contributed by atoms with Crippen LogP contribution < -0.4 is 0 Å². The molecule has 1 amide bonds. The van der Waals surface area contributed by atoms with Crippen LogP contribution in [0.3, 0.4) is 0 Å². The lowest BCUT2D eigenvalue weighted by molar-refractivity contribution is -0.132. The molecule has 1 aromatic carbocycles. The molecule has 1 aromatic heterocycles. The number of aromatic nitrogens is 1. The van der Waals surface area contributed by atoms with Gasteiger partial charge in [0.1, 0.15) is 5.92 Å². The van der Waals surface area contributed by atoms with Crippen molar-refractivity contribution < 1.29 is 18.0 Å². The van der Waals surface area contributed by atoms with Gasteiger partial charge in [0.05, 0.1) is 23.3 Å². The molecule has 0 bridgehead atoms. The largest absolute Gasteiger partial charge is 0.350 e. The molecule has 26 heavy (non-hydrogen) atoms. The zero-order chi connectivity index (χ0) is 18.6. The number of nitrogens with zero attached hydrogens (tertiary/aromatic N) is 3. The van der Waals surface area contributed by atoms with E-state index in [1.807, 2.05) is 35.9 Å². The van der Waals surface area contributed by atoms with Gasteiger partial charge in [-0.15, -0.1) is 0 Å². The number of hydrazone groups is 1. The summed E-state index contributed by atoms with van der Waals surface area (Å²) in [6.07, 6.45) is 2.09. The number of carbonyl (C=O) groups is 2. The number of fused-ring (bicyclic) bond motifs is 1. The van der Waals surface area contributed by atoms with E-state index in [4.69, 9.17) is 0 Å². The first kappa shape index (κ1) is 17.0. The third kappa shape index (κ3) is 2.56. The van der Waals surface area contributed by atoms with Crippen LogP contribution in [0.15, 0.2) is 35.6 Å². The van der Waals surface area contributed by atoms with Crippen LogP contribution in [0.1, 0.15) is 23.7 Å². The first-order chi connectivity index (χ1) is 12.3. The number of Topliss-reactive ketones (excluding diaryl/α,β-unsaturated/α-hetero) is 1. The lowest BCUT2D eigenvalue weighted by atomic mass is 9.93. The second-order valence-electron chi connectivity index (χ2n) is 6.95.